The second-order valence-corrected chi connectivity index (χ2v) is 5.69. The highest BCUT2D eigenvalue weighted by Crippen LogP contribution is 2.35. The van der Waals surface area contributed by atoms with E-state index in [1.54, 1.807) is 0 Å². The molecule has 0 bridgehead atoms. The van der Waals surface area contributed by atoms with Crippen LogP contribution in [0.2, 0.25) is 0 Å². The van der Waals surface area contributed by atoms with Crippen molar-refractivity contribution < 1.29 is 9.84 Å². The third kappa shape index (κ3) is 2.68. The van der Waals surface area contributed by atoms with Crippen LogP contribution in [0.25, 0.3) is 0 Å². The predicted octanol–water partition coefficient (Wildman–Crippen LogP) is 2.70. The number of nitrogens with two attached hydrogens (primary N) is 1. The van der Waals surface area contributed by atoms with Crippen LogP contribution in [-0.2, 0) is 0 Å². The van der Waals surface area contributed by atoms with Gasteiger partial charge in [-0.15, -0.1) is 0 Å². The van der Waals surface area contributed by atoms with Crippen molar-refractivity contribution in [3.8, 4) is 5.75 Å². The minimum atomic E-state index is -0.723. The van der Waals surface area contributed by atoms with Crippen molar-refractivity contribution in [3.63, 3.8) is 0 Å². The zero-order valence-electron chi connectivity index (χ0n) is 11.4. The third-order valence-electron chi connectivity index (χ3n) is 3.77. The zero-order chi connectivity index (χ0) is 13.3. The van der Waals surface area contributed by atoms with Gasteiger partial charge in [0.2, 0.25) is 0 Å². The molecule has 18 heavy (non-hydrogen) atoms. The van der Waals surface area contributed by atoms with Gasteiger partial charge in [0.05, 0.1) is 5.60 Å². The van der Waals surface area contributed by atoms with Crippen LogP contribution in [0.4, 0.5) is 0 Å². The molecule has 2 unspecified atom stereocenters. The van der Waals surface area contributed by atoms with Gasteiger partial charge in [-0.2, -0.15) is 0 Å². The highest BCUT2D eigenvalue weighted by molar-refractivity contribution is 5.39. The van der Waals surface area contributed by atoms with Gasteiger partial charge in [0.1, 0.15) is 11.9 Å². The summed E-state index contributed by atoms with van der Waals surface area (Å²) in [7, 11) is 0. The SMILES string of the molecule is Cc1ccc([C@H](C)N)c(OC2CCCC2(C)O)c1. The molecule has 2 rings (SSSR count). The highest BCUT2D eigenvalue weighted by atomic mass is 16.5. The molecule has 0 aliphatic heterocycles. The number of rotatable bonds is 3. The lowest BCUT2D eigenvalue weighted by molar-refractivity contribution is -0.0256. The van der Waals surface area contributed by atoms with Crippen molar-refractivity contribution in [1.29, 1.82) is 0 Å². The Morgan fingerprint density at radius 3 is 2.78 bits per heavy atom. The van der Waals surface area contributed by atoms with Gasteiger partial charge in [0.25, 0.3) is 0 Å². The summed E-state index contributed by atoms with van der Waals surface area (Å²) in [5.41, 5.74) is 7.39. The van der Waals surface area contributed by atoms with E-state index in [1.807, 2.05) is 39.0 Å². The van der Waals surface area contributed by atoms with Crippen molar-refractivity contribution in [2.24, 2.45) is 5.73 Å². The van der Waals surface area contributed by atoms with Crippen molar-refractivity contribution in [2.75, 3.05) is 0 Å². The molecule has 0 aromatic heterocycles. The van der Waals surface area contributed by atoms with Gasteiger partial charge in [-0.1, -0.05) is 12.1 Å². The second-order valence-electron chi connectivity index (χ2n) is 5.69. The Labute approximate surface area is 109 Å². The number of hydrogen-bond acceptors (Lipinski definition) is 3. The van der Waals surface area contributed by atoms with Crippen LogP contribution >= 0.6 is 0 Å². The van der Waals surface area contributed by atoms with Crippen molar-refractivity contribution in [3.05, 3.63) is 29.3 Å². The average Bonchev–Trinajstić information content (AvgIpc) is 2.58. The Hall–Kier alpha value is -1.06. The van der Waals surface area contributed by atoms with Crippen LogP contribution in [0.15, 0.2) is 18.2 Å². The fourth-order valence-corrected chi connectivity index (χ4v) is 2.58. The molecule has 1 aromatic carbocycles. The van der Waals surface area contributed by atoms with Crippen molar-refractivity contribution in [2.45, 2.75) is 57.8 Å². The van der Waals surface area contributed by atoms with Crippen LogP contribution in [0.5, 0.6) is 5.75 Å². The Balaban J connectivity index is 2.25. The third-order valence-corrected chi connectivity index (χ3v) is 3.77. The lowest BCUT2D eigenvalue weighted by Gasteiger charge is -2.28. The maximum absolute atomic E-state index is 10.3. The summed E-state index contributed by atoms with van der Waals surface area (Å²) in [4.78, 5) is 0. The summed E-state index contributed by atoms with van der Waals surface area (Å²) in [5.74, 6) is 0.817. The molecular formula is C15H23NO2. The second kappa shape index (κ2) is 4.90. The molecule has 1 aliphatic rings. The Morgan fingerprint density at radius 2 is 2.22 bits per heavy atom. The number of aliphatic hydroxyl groups is 1. The Bertz CT molecular complexity index is 427. The maximum Gasteiger partial charge on any atom is 0.127 e. The first-order valence-electron chi connectivity index (χ1n) is 6.65. The summed E-state index contributed by atoms with van der Waals surface area (Å²) in [5, 5.41) is 10.3. The smallest absolute Gasteiger partial charge is 0.127 e. The van der Waals surface area contributed by atoms with E-state index in [0.717, 1.165) is 36.1 Å². The van der Waals surface area contributed by atoms with Gasteiger partial charge >= 0.3 is 0 Å². The molecule has 3 N–H and O–H groups in total. The predicted molar refractivity (Wildman–Crippen MR) is 72.7 cm³/mol. The number of hydrogen-bond donors (Lipinski definition) is 2. The molecule has 3 nitrogen and oxygen atoms in total. The Morgan fingerprint density at radius 1 is 1.50 bits per heavy atom. The quantitative estimate of drug-likeness (QED) is 0.866. The van der Waals surface area contributed by atoms with E-state index >= 15 is 0 Å². The van der Waals surface area contributed by atoms with Crippen molar-refractivity contribution in [1.82, 2.24) is 0 Å². The summed E-state index contributed by atoms with van der Waals surface area (Å²) < 4.78 is 6.03. The lowest BCUT2D eigenvalue weighted by Crippen LogP contribution is -2.38. The first-order chi connectivity index (χ1) is 8.40. The van der Waals surface area contributed by atoms with Crippen LogP contribution in [0.3, 0.4) is 0 Å². The van der Waals surface area contributed by atoms with Gasteiger partial charge in [-0.3, -0.25) is 0 Å². The molecule has 1 aromatic rings. The molecule has 1 fully saturated rings. The molecule has 1 aliphatic carbocycles. The molecule has 3 atom stereocenters. The number of aryl methyl sites for hydroxylation is 1. The fraction of sp³-hybridized carbons (Fsp3) is 0.600. The topological polar surface area (TPSA) is 55.5 Å². The first kappa shape index (κ1) is 13.4. The molecule has 0 spiro atoms. The van der Waals surface area contributed by atoms with Crippen LogP contribution in [-0.4, -0.2) is 16.8 Å². The molecule has 1 saturated carbocycles. The zero-order valence-corrected chi connectivity index (χ0v) is 11.4. The van der Waals surface area contributed by atoms with Crippen LogP contribution in [0, 0.1) is 6.92 Å². The molecule has 0 heterocycles. The minimum absolute atomic E-state index is 0.0630. The van der Waals surface area contributed by atoms with Gasteiger partial charge in [0, 0.05) is 11.6 Å². The van der Waals surface area contributed by atoms with Crippen molar-refractivity contribution >= 4 is 0 Å². The van der Waals surface area contributed by atoms with E-state index in [4.69, 9.17) is 10.5 Å². The maximum atomic E-state index is 10.3. The summed E-state index contributed by atoms with van der Waals surface area (Å²) in [6.07, 6.45) is 2.59. The van der Waals surface area contributed by atoms with E-state index in [2.05, 4.69) is 0 Å². The summed E-state index contributed by atoms with van der Waals surface area (Å²) in [6, 6.07) is 6.00. The van der Waals surface area contributed by atoms with E-state index in [1.165, 1.54) is 0 Å². The van der Waals surface area contributed by atoms with E-state index in [-0.39, 0.29) is 12.1 Å². The molecule has 0 radical (unpaired) electrons. The van der Waals surface area contributed by atoms with E-state index < -0.39 is 5.60 Å². The van der Waals surface area contributed by atoms with E-state index in [9.17, 15) is 5.11 Å². The lowest BCUT2D eigenvalue weighted by atomic mass is 10.0. The Kier molecular flexibility index (Phi) is 3.64. The van der Waals surface area contributed by atoms with Gasteiger partial charge in [-0.25, -0.2) is 0 Å². The average molecular weight is 249 g/mol. The highest BCUT2D eigenvalue weighted by Gasteiger charge is 2.38. The van der Waals surface area contributed by atoms with Gasteiger partial charge in [-0.05, 0) is 51.7 Å². The summed E-state index contributed by atoms with van der Waals surface area (Å²) in [6.45, 7) is 5.83. The van der Waals surface area contributed by atoms with Gasteiger partial charge in [0.15, 0.2) is 0 Å². The number of benzene rings is 1. The molecule has 0 saturated heterocycles. The fourth-order valence-electron chi connectivity index (χ4n) is 2.58. The molecule has 3 heteroatoms. The van der Waals surface area contributed by atoms with Gasteiger partial charge < -0.3 is 15.6 Å². The monoisotopic (exact) mass is 249 g/mol. The largest absolute Gasteiger partial charge is 0.487 e. The molecule has 100 valence electrons. The minimum Gasteiger partial charge on any atom is -0.487 e. The van der Waals surface area contributed by atoms with Crippen LogP contribution in [0.1, 0.15) is 50.3 Å². The van der Waals surface area contributed by atoms with Crippen LogP contribution < -0.4 is 10.5 Å². The molecular weight excluding hydrogens is 226 g/mol. The first-order valence-corrected chi connectivity index (χ1v) is 6.65. The standard InChI is InChI=1S/C15H23NO2/c1-10-6-7-12(11(2)16)13(9-10)18-14-5-4-8-15(14,3)17/h6-7,9,11,14,17H,4-5,8,16H2,1-3H3/t11-,14?,15?/m0/s1. The van der Waals surface area contributed by atoms with E-state index in [0.29, 0.717) is 0 Å². The summed E-state index contributed by atoms with van der Waals surface area (Å²) >= 11 is 0. The normalized spacial score (nSPS) is 29.3. The number of ether oxygens (including phenoxy) is 1. The molecule has 0 amide bonds.